The van der Waals surface area contributed by atoms with E-state index < -0.39 is 0 Å². The Hall–Kier alpha value is -1.55. The van der Waals surface area contributed by atoms with E-state index in [0.717, 1.165) is 30.6 Å². The molecule has 1 aromatic rings. The van der Waals surface area contributed by atoms with Crippen molar-refractivity contribution in [3.8, 4) is 0 Å². The maximum absolute atomic E-state index is 12.6. The summed E-state index contributed by atoms with van der Waals surface area (Å²) < 4.78 is 0. The van der Waals surface area contributed by atoms with E-state index in [9.17, 15) is 4.79 Å². The van der Waals surface area contributed by atoms with Crippen LogP contribution in [0, 0.1) is 5.41 Å². The molecule has 0 aromatic heterocycles. The smallest absolute Gasteiger partial charge is 0.230 e. The number of carbonyl (C=O) groups is 1. The predicted molar refractivity (Wildman–Crippen MR) is 87.1 cm³/mol. The molecule has 0 atom stereocenters. The molecule has 3 N–H and O–H groups in total. The van der Waals surface area contributed by atoms with Gasteiger partial charge in [0.1, 0.15) is 0 Å². The van der Waals surface area contributed by atoms with E-state index in [1.807, 2.05) is 24.3 Å². The molecular formula is C17H27N3O. The second kappa shape index (κ2) is 5.68. The van der Waals surface area contributed by atoms with Gasteiger partial charge in [-0.1, -0.05) is 26.0 Å². The molecule has 0 unspecified atom stereocenters. The maximum Gasteiger partial charge on any atom is 0.230 e. The van der Waals surface area contributed by atoms with Crippen molar-refractivity contribution in [1.29, 1.82) is 0 Å². The van der Waals surface area contributed by atoms with E-state index in [0.29, 0.717) is 6.54 Å². The molecule has 0 radical (unpaired) electrons. The minimum Gasteiger partial charge on any atom is -0.399 e. The molecule has 0 heterocycles. The molecule has 0 saturated heterocycles. The summed E-state index contributed by atoms with van der Waals surface area (Å²) in [5.41, 5.74) is 7.29. The van der Waals surface area contributed by atoms with Gasteiger partial charge in [-0.05, 0) is 50.0 Å². The summed E-state index contributed by atoms with van der Waals surface area (Å²) in [4.78, 5) is 14.7. The van der Waals surface area contributed by atoms with Crippen molar-refractivity contribution in [3.63, 3.8) is 0 Å². The zero-order valence-electron chi connectivity index (χ0n) is 13.6. The summed E-state index contributed by atoms with van der Waals surface area (Å²) in [6, 6.07) is 7.71. The largest absolute Gasteiger partial charge is 0.399 e. The number of anilines is 1. The van der Waals surface area contributed by atoms with Crippen LogP contribution in [0.2, 0.25) is 0 Å². The number of benzene rings is 1. The Balaban J connectivity index is 1.99. The van der Waals surface area contributed by atoms with Crippen LogP contribution >= 0.6 is 0 Å². The molecule has 0 bridgehead atoms. The van der Waals surface area contributed by atoms with E-state index in [2.05, 4.69) is 38.2 Å². The Labute approximate surface area is 127 Å². The van der Waals surface area contributed by atoms with Crippen molar-refractivity contribution in [2.24, 2.45) is 5.41 Å². The van der Waals surface area contributed by atoms with Crippen LogP contribution in [-0.2, 0) is 10.2 Å². The lowest BCUT2D eigenvalue weighted by Crippen LogP contribution is -2.43. The van der Waals surface area contributed by atoms with Gasteiger partial charge in [0, 0.05) is 18.8 Å². The second-order valence-electron chi connectivity index (χ2n) is 7.29. The van der Waals surface area contributed by atoms with Crippen LogP contribution in [0.25, 0.3) is 0 Å². The van der Waals surface area contributed by atoms with Gasteiger partial charge in [-0.2, -0.15) is 0 Å². The van der Waals surface area contributed by atoms with Gasteiger partial charge in [0.25, 0.3) is 0 Å². The molecule has 0 aliphatic heterocycles. The third kappa shape index (κ3) is 3.76. The number of hydrogen-bond acceptors (Lipinski definition) is 3. The van der Waals surface area contributed by atoms with Crippen molar-refractivity contribution < 1.29 is 4.79 Å². The van der Waals surface area contributed by atoms with Crippen molar-refractivity contribution in [1.82, 2.24) is 10.2 Å². The van der Waals surface area contributed by atoms with Crippen molar-refractivity contribution in [2.45, 2.75) is 32.1 Å². The van der Waals surface area contributed by atoms with Gasteiger partial charge in [-0.25, -0.2) is 0 Å². The first-order chi connectivity index (χ1) is 9.75. The summed E-state index contributed by atoms with van der Waals surface area (Å²) in [7, 11) is 4.11. The third-order valence-electron chi connectivity index (χ3n) is 4.12. The highest BCUT2D eigenvalue weighted by Crippen LogP contribution is 2.48. The van der Waals surface area contributed by atoms with Gasteiger partial charge in [0.05, 0.1) is 5.41 Å². The first-order valence-electron chi connectivity index (χ1n) is 7.54. The third-order valence-corrected chi connectivity index (χ3v) is 4.12. The average Bonchev–Trinajstić information content (AvgIpc) is 3.17. The highest BCUT2D eigenvalue weighted by atomic mass is 16.2. The Bertz CT molecular complexity index is 501. The maximum atomic E-state index is 12.6. The zero-order chi connectivity index (χ0) is 15.7. The number of carbonyl (C=O) groups excluding carboxylic acids is 1. The Kier molecular flexibility index (Phi) is 4.28. The molecule has 1 aliphatic rings. The van der Waals surface area contributed by atoms with Crippen molar-refractivity contribution in [2.75, 3.05) is 32.9 Å². The molecule has 1 saturated carbocycles. The van der Waals surface area contributed by atoms with Gasteiger partial charge in [0.2, 0.25) is 5.91 Å². The van der Waals surface area contributed by atoms with E-state index in [1.54, 1.807) is 0 Å². The molecular weight excluding hydrogens is 262 g/mol. The molecule has 2 rings (SSSR count). The van der Waals surface area contributed by atoms with Gasteiger partial charge in [-0.15, -0.1) is 0 Å². The normalized spacial score (nSPS) is 16.8. The molecule has 4 heteroatoms. The van der Waals surface area contributed by atoms with E-state index >= 15 is 0 Å². The molecule has 0 spiro atoms. The van der Waals surface area contributed by atoms with Crippen LogP contribution in [0.3, 0.4) is 0 Å². The molecule has 1 aliphatic carbocycles. The van der Waals surface area contributed by atoms with Crippen LogP contribution in [0.4, 0.5) is 5.69 Å². The number of nitrogen functional groups attached to an aromatic ring is 1. The second-order valence-corrected chi connectivity index (χ2v) is 7.29. The van der Waals surface area contributed by atoms with Crippen molar-refractivity contribution >= 4 is 11.6 Å². The standard InChI is InChI=1S/C17H27N3O/c1-16(2,12-20(3)4)11-19-15(21)17(9-10-17)13-5-7-14(18)8-6-13/h5-8H,9-12,18H2,1-4H3,(H,19,21). The number of amides is 1. The lowest BCUT2D eigenvalue weighted by molar-refractivity contribution is -0.124. The number of nitrogens with one attached hydrogen (secondary N) is 1. The lowest BCUT2D eigenvalue weighted by atomic mass is 9.91. The summed E-state index contributed by atoms with van der Waals surface area (Å²) in [6.45, 7) is 6.00. The highest BCUT2D eigenvalue weighted by molar-refractivity contribution is 5.91. The molecule has 21 heavy (non-hydrogen) atoms. The zero-order valence-corrected chi connectivity index (χ0v) is 13.6. The Morgan fingerprint density at radius 2 is 1.86 bits per heavy atom. The topological polar surface area (TPSA) is 58.4 Å². The number of rotatable bonds is 6. The minimum atomic E-state index is -0.318. The van der Waals surface area contributed by atoms with Gasteiger partial charge < -0.3 is 16.0 Å². The average molecular weight is 289 g/mol. The van der Waals surface area contributed by atoms with Crippen LogP contribution in [0.15, 0.2) is 24.3 Å². The van der Waals surface area contributed by atoms with Gasteiger partial charge >= 0.3 is 0 Å². The highest BCUT2D eigenvalue weighted by Gasteiger charge is 2.51. The number of nitrogens with two attached hydrogens (primary N) is 1. The SMILES string of the molecule is CN(C)CC(C)(C)CNC(=O)C1(c2ccc(N)cc2)CC1. The van der Waals surface area contributed by atoms with Gasteiger partial charge in [-0.3, -0.25) is 4.79 Å². The fourth-order valence-electron chi connectivity index (χ4n) is 2.97. The molecule has 1 amide bonds. The van der Waals surface area contributed by atoms with Crippen molar-refractivity contribution in [3.05, 3.63) is 29.8 Å². The van der Waals surface area contributed by atoms with Crippen LogP contribution in [0.5, 0.6) is 0 Å². The Morgan fingerprint density at radius 1 is 1.29 bits per heavy atom. The van der Waals surface area contributed by atoms with Crippen LogP contribution < -0.4 is 11.1 Å². The predicted octanol–water partition coefficient (Wildman–Crippen LogP) is 2.00. The van der Waals surface area contributed by atoms with E-state index in [1.165, 1.54) is 0 Å². The molecule has 4 nitrogen and oxygen atoms in total. The quantitative estimate of drug-likeness (QED) is 0.788. The van der Waals surface area contributed by atoms with Gasteiger partial charge in [0.15, 0.2) is 0 Å². The monoisotopic (exact) mass is 289 g/mol. The summed E-state index contributed by atoms with van der Waals surface area (Å²) >= 11 is 0. The van der Waals surface area contributed by atoms with E-state index in [4.69, 9.17) is 5.73 Å². The summed E-state index contributed by atoms with van der Waals surface area (Å²) in [5, 5.41) is 3.15. The molecule has 1 aromatic carbocycles. The summed E-state index contributed by atoms with van der Waals surface area (Å²) in [6.07, 6.45) is 1.85. The number of nitrogens with zero attached hydrogens (tertiary/aromatic N) is 1. The van der Waals surface area contributed by atoms with E-state index in [-0.39, 0.29) is 16.7 Å². The molecule has 1 fully saturated rings. The van der Waals surface area contributed by atoms with Crippen LogP contribution in [-0.4, -0.2) is 38.0 Å². The fourth-order valence-corrected chi connectivity index (χ4v) is 2.97. The number of hydrogen-bond donors (Lipinski definition) is 2. The minimum absolute atomic E-state index is 0.0658. The Morgan fingerprint density at radius 3 is 2.33 bits per heavy atom. The summed E-state index contributed by atoms with van der Waals surface area (Å²) in [5.74, 6) is 0.152. The fraction of sp³-hybridized carbons (Fsp3) is 0.588. The first kappa shape index (κ1) is 15.8. The first-order valence-corrected chi connectivity index (χ1v) is 7.54. The molecule has 116 valence electrons. The van der Waals surface area contributed by atoms with Crippen LogP contribution in [0.1, 0.15) is 32.3 Å². The lowest BCUT2D eigenvalue weighted by Gasteiger charge is -2.29.